The van der Waals surface area contributed by atoms with Crippen molar-refractivity contribution in [2.24, 2.45) is 0 Å². The van der Waals surface area contributed by atoms with E-state index in [1.807, 2.05) is 5.63 Å². The van der Waals surface area contributed by atoms with E-state index in [1.165, 1.54) is 24.3 Å². The first-order valence-electron chi connectivity index (χ1n) is 4.50. The molecule has 0 amide bonds. The number of nitrogens with zero attached hydrogens (tertiary/aromatic N) is 1. The van der Waals surface area contributed by atoms with Crippen LogP contribution in [0.1, 0.15) is 0 Å². The number of alkyl halides is 2. The fourth-order valence-corrected chi connectivity index (χ4v) is 1.60. The summed E-state index contributed by atoms with van der Waals surface area (Å²) in [6.45, 7) is -3.03. The van der Waals surface area contributed by atoms with Gasteiger partial charge < -0.3 is 0 Å². The second kappa shape index (κ2) is 6.18. The van der Waals surface area contributed by atoms with E-state index in [0.717, 1.165) is 0 Å². The molecule has 1 N–H and O–H groups in total. The van der Waals surface area contributed by atoms with Crippen LogP contribution in [-0.2, 0) is 9.36 Å². The SMILES string of the molecule is O=P#C[C@@H](C(=O)O)N(c1ccccc1)C(F)F. The molecule has 17 heavy (non-hydrogen) atoms. The Kier molecular flexibility index (Phi) is 4.88. The molecule has 0 radical (unpaired) electrons. The molecule has 0 unspecified atom stereocenters. The molecule has 1 aromatic rings. The number of carbonyl (C=O) groups is 1. The van der Waals surface area contributed by atoms with Crippen molar-refractivity contribution in [1.29, 1.82) is 0 Å². The van der Waals surface area contributed by atoms with E-state index in [2.05, 4.69) is 0 Å². The summed E-state index contributed by atoms with van der Waals surface area (Å²) in [6.07, 6.45) is 0. The molecule has 0 spiro atoms. The van der Waals surface area contributed by atoms with E-state index in [9.17, 15) is 18.1 Å². The second-order valence-corrected chi connectivity index (χ2v) is 3.42. The van der Waals surface area contributed by atoms with Crippen molar-refractivity contribution >= 4 is 19.6 Å². The number of benzene rings is 1. The number of halogens is 2. The first-order valence-corrected chi connectivity index (χ1v) is 5.31. The van der Waals surface area contributed by atoms with Gasteiger partial charge in [0.1, 0.15) is 0 Å². The Morgan fingerprint density at radius 2 is 1.94 bits per heavy atom. The van der Waals surface area contributed by atoms with Gasteiger partial charge in [0, 0.05) is 0 Å². The number of hydrogen-bond acceptors (Lipinski definition) is 3. The van der Waals surface area contributed by atoms with Gasteiger partial charge in [0.15, 0.2) is 0 Å². The van der Waals surface area contributed by atoms with Crippen molar-refractivity contribution in [3.63, 3.8) is 0 Å². The number of carboxylic acids is 1. The van der Waals surface area contributed by atoms with Crippen LogP contribution in [0, 0.1) is 5.63 Å². The predicted molar refractivity (Wildman–Crippen MR) is 57.8 cm³/mol. The molecule has 1 rings (SSSR count). The molecule has 1 atom stereocenters. The quantitative estimate of drug-likeness (QED) is 0.666. The molecule has 4 nitrogen and oxygen atoms in total. The topological polar surface area (TPSA) is 57.6 Å². The zero-order chi connectivity index (χ0) is 12.8. The summed E-state index contributed by atoms with van der Waals surface area (Å²) in [4.78, 5) is 11.2. The first-order chi connectivity index (χ1) is 8.07. The van der Waals surface area contributed by atoms with Crippen LogP contribution in [0.15, 0.2) is 30.3 Å². The van der Waals surface area contributed by atoms with Crippen molar-refractivity contribution in [2.75, 3.05) is 4.90 Å². The van der Waals surface area contributed by atoms with E-state index in [0.29, 0.717) is 4.90 Å². The van der Waals surface area contributed by atoms with Gasteiger partial charge in [0.05, 0.1) is 0 Å². The summed E-state index contributed by atoms with van der Waals surface area (Å²) in [5, 5.41) is 8.80. The molecule has 0 aromatic heterocycles. The number of anilines is 1. The van der Waals surface area contributed by atoms with Crippen LogP contribution in [0.3, 0.4) is 0 Å². The van der Waals surface area contributed by atoms with Crippen molar-refractivity contribution in [3.8, 4) is 5.63 Å². The minimum atomic E-state index is -3.03. The van der Waals surface area contributed by atoms with Gasteiger partial charge in [-0.3, -0.25) is 0 Å². The Balaban J connectivity index is 3.19. The average Bonchev–Trinajstić information content (AvgIpc) is 2.29. The van der Waals surface area contributed by atoms with Crippen LogP contribution >= 0.6 is 7.92 Å². The average molecular weight is 259 g/mol. The Morgan fingerprint density at radius 3 is 2.35 bits per heavy atom. The van der Waals surface area contributed by atoms with Crippen LogP contribution in [-0.4, -0.2) is 23.7 Å². The van der Waals surface area contributed by atoms with E-state index in [4.69, 9.17) is 5.11 Å². The van der Waals surface area contributed by atoms with Crippen LogP contribution in [0.5, 0.6) is 0 Å². The number of rotatable bonds is 4. The zero-order valence-electron chi connectivity index (χ0n) is 8.46. The predicted octanol–water partition coefficient (Wildman–Crippen LogP) is 2.42. The molecule has 0 saturated carbocycles. The Morgan fingerprint density at radius 1 is 1.35 bits per heavy atom. The molecule has 0 bridgehead atoms. The van der Waals surface area contributed by atoms with Gasteiger partial charge in [-0.1, -0.05) is 0 Å². The summed E-state index contributed by atoms with van der Waals surface area (Å²) in [5.41, 5.74) is 1.94. The zero-order valence-corrected chi connectivity index (χ0v) is 9.35. The third-order valence-electron chi connectivity index (χ3n) is 1.95. The van der Waals surface area contributed by atoms with Crippen LogP contribution in [0.4, 0.5) is 14.5 Å². The summed E-state index contributed by atoms with van der Waals surface area (Å²) in [6, 6.07) is 5.52. The normalized spacial score (nSPS) is 11.7. The fraction of sp³-hybridized carbons (Fsp3) is 0.200. The third kappa shape index (κ3) is 3.41. The molecule has 0 aliphatic carbocycles. The molecule has 0 fully saturated rings. The molecule has 0 saturated heterocycles. The molecule has 90 valence electrons. The van der Waals surface area contributed by atoms with Crippen molar-refractivity contribution in [2.45, 2.75) is 12.6 Å². The standard InChI is InChI=1S/C10H8F2NO3P/c11-10(12)13(7-4-2-1-3-5-7)8(6-17-16)9(14)15/h1-5,8,10H,(H,14,15)/t8-/m0/s1. The van der Waals surface area contributed by atoms with Gasteiger partial charge in [-0.15, -0.1) is 0 Å². The molecule has 7 heteroatoms. The fourth-order valence-electron chi connectivity index (χ4n) is 1.26. The summed E-state index contributed by atoms with van der Waals surface area (Å²) < 4.78 is 36.0. The second-order valence-electron chi connectivity index (χ2n) is 2.98. The molecule has 0 aliphatic rings. The number of carboxylic acid groups (broad SMARTS) is 1. The van der Waals surface area contributed by atoms with E-state index < -0.39 is 26.5 Å². The number of aliphatic carboxylic acids is 1. The molecule has 0 aliphatic heterocycles. The molecule has 1 aromatic carbocycles. The maximum atomic E-state index is 12.8. The van der Waals surface area contributed by atoms with Crippen molar-refractivity contribution in [1.82, 2.24) is 0 Å². The summed E-state index contributed by atoms with van der Waals surface area (Å²) >= 11 is 0. The van der Waals surface area contributed by atoms with Crippen LogP contribution in [0.25, 0.3) is 0 Å². The molecular formula is C10H8F2NO3P. The molecular weight excluding hydrogens is 251 g/mol. The Labute approximate surface area is 97.0 Å². The van der Waals surface area contributed by atoms with Gasteiger partial charge in [-0.25, -0.2) is 0 Å². The first kappa shape index (κ1) is 13.4. The molecule has 0 heterocycles. The Bertz CT molecular complexity index is 489. The van der Waals surface area contributed by atoms with Gasteiger partial charge >= 0.3 is 96.3 Å². The van der Waals surface area contributed by atoms with Crippen LogP contribution < -0.4 is 4.90 Å². The van der Waals surface area contributed by atoms with Crippen molar-refractivity contribution in [3.05, 3.63) is 30.3 Å². The van der Waals surface area contributed by atoms with Crippen molar-refractivity contribution < 1.29 is 23.2 Å². The van der Waals surface area contributed by atoms with Gasteiger partial charge in [0.25, 0.3) is 0 Å². The van der Waals surface area contributed by atoms with Gasteiger partial charge in [0.2, 0.25) is 0 Å². The number of hydrogen-bond donors (Lipinski definition) is 1. The maximum absolute atomic E-state index is 12.8. The third-order valence-corrected chi connectivity index (χ3v) is 2.30. The monoisotopic (exact) mass is 259 g/mol. The summed E-state index contributed by atoms with van der Waals surface area (Å²) in [7, 11) is -0.736. The van der Waals surface area contributed by atoms with Crippen LogP contribution in [0.2, 0.25) is 0 Å². The van der Waals surface area contributed by atoms with Gasteiger partial charge in [-0.05, 0) is 0 Å². The van der Waals surface area contributed by atoms with E-state index >= 15 is 0 Å². The summed E-state index contributed by atoms with van der Waals surface area (Å²) in [5.74, 6) is -1.54. The Hall–Kier alpha value is -1.64. The number of para-hydroxylation sites is 1. The minimum absolute atomic E-state index is 0.0195. The van der Waals surface area contributed by atoms with E-state index in [-0.39, 0.29) is 5.69 Å². The van der Waals surface area contributed by atoms with E-state index in [1.54, 1.807) is 6.07 Å². The van der Waals surface area contributed by atoms with Gasteiger partial charge in [-0.2, -0.15) is 0 Å².